The standard InChI is InChI=1S/C56H36F6N2O2/c1-31-7-3-9-39-41-11-5-13-47(53(41)65-51(31)39)63(37-23-19-35(20-24-37)55(57,58)59)45-29-17-33-16-28-44-46(30-18-34-15-27-43(45)49(33)50(34)44)64(38-25-21-36(22-26-38)56(60,61)62)48-14-6-12-42-40-10-4-8-32(2)52(40)66-54(42)48/h3-30,49-50H,1-2H3. The van der Waals surface area contributed by atoms with Crippen LogP contribution in [0.3, 0.4) is 0 Å². The van der Waals surface area contributed by atoms with Crippen molar-refractivity contribution in [2.45, 2.75) is 26.2 Å². The van der Waals surface area contributed by atoms with Gasteiger partial charge in [0.2, 0.25) is 0 Å². The van der Waals surface area contributed by atoms with Gasteiger partial charge >= 0.3 is 12.4 Å². The molecule has 4 nitrogen and oxygen atoms in total. The summed E-state index contributed by atoms with van der Waals surface area (Å²) >= 11 is 0. The molecule has 8 aromatic rings. The highest BCUT2D eigenvalue weighted by molar-refractivity contribution is 6.12. The van der Waals surface area contributed by atoms with E-state index < -0.39 is 23.5 Å². The minimum Gasteiger partial charge on any atom is -0.454 e. The molecule has 2 aromatic heterocycles. The number of hydrogen-bond donors (Lipinski definition) is 0. The summed E-state index contributed by atoms with van der Waals surface area (Å²) in [4.78, 5) is 3.97. The normalized spacial score (nSPS) is 17.9. The monoisotopic (exact) mass is 882 g/mol. The van der Waals surface area contributed by atoms with Crippen molar-refractivity contribution in [1.29, 1.82) is 0 Å². The summed E-state index contributed by atoms with van der Waals surface area (Å²) in [6, 6.07) is 34.0. The zero-order valence-corrected chi connectivity index (χ0v) is 35.3. The predicted molar refractivity (Wildman–Crippen MR) is 249 cm³/mol. The van der Waals surface area contributed by atoms with Crippen molar-refractivity contribution in [2.24, 2.45) is 11.8 Å². The van der Waals surface area contributed by atoms with E-state index in [4.69, 9.17) is 8.83 Å². The Bertz CT molecular complexity index is 3590. The Morgan fingerprint density at radius 3 is 1.44 bits per heavy atom. The van der Waals surface area contributed by atoms with E-state index in [1.54, 1.807) is 0 Å². The third-order valence-electron chi connectivity index (χ3n) is 13.4. The molecule has 2 atom stereocenters. The Morgan fingerprint density at radius 2 is 0.894 bits per heavy atom. The minimum absolute atomic E-state index is 0.238. The van der Waals surface area contributed by atoms with Crippen molar-refractivity contribution in [2.75, 3.05) is 9.80 Å². The van der Waals surface area contributed by atoms with Gasteiger partial charge in [-0.2, -0.15) is 26.3 Å². The smallest absolute Gasteiger partial charge is 0.416 e. The Labute approximate surface area is 374 Å². The number of aryl methyl sites for hydroxylation is 2. The molecule has 0 radical (unpaired) electrons. The van der Waals surface area contributed by atoms with E-state index >= 15 is 0 Å². The van der Waals surface area contributed by atoms with Crippen LogP contribution in [0, 0.1) is 25.7 Å². The summed E-state index contributed by atoms with van der Waals surface area (Å²) in [6.07, 6.45) is 7.45. The Kier molecular flexibility index (Phi) is 8.69. The lowest BCUT2D eigenvalue weighted by molar-refractivity contribution is -0.138. The van der Waals surface area contributed by atoms with Crippen LogP contribution in [-0.2, 0) is 12.4 Å². The summed E-state index contributed by atoms with van der Waals surface area (Å²) in [7, 11) is 0. The number of para-hydroxylation sites is 4. The summed E-state index contributed by atoms with van der Waals surface area (Å²) in [5.41, 5.74) is 10.9. The van der Waals surface area contributed by atoms with Gasteiger partial charge in [0.1, 0.15) is 11.2 Å². The van der Waals surface area contributed by atoms with Crippen molar-refractivity contribution in [3.05, 3.63) is 226 Å². The van der Waals surface area contributed by atoms with Gasteiger partial charge in [-0.1, -0.05) is 97.1 Å². The van der Waals surface area contributed by atoms with Crippen molar-refractivity contribution < 1.29 is 35.2 Å². The summed E-state index contributed by atoms with van der Waals surface area (Å²) < 4.78 is 97.4. The van der Waals surface area contributed by atoms with E-state index in [-0.39, 0.29) is 11.8 Å². The molecule has 0 N–H and O–H groups in total. The second kappa shape index (κ2) is 14.4. The molecule has 10 heteroatoms. The molecule has 0 amide bonds. The number of fused-ring (bicyclic) bond motifs is 6. The van der Waals surface area contributed by atoms with Crippen molar-refractivity contribution >= 4 is 66.6 Å². The fourth-order valence-corrected chi connectivity index (χ4v) is 10.3. The van der Waals surface area contributed by atoms with E-state index in [0.29, 0.717) is 33.9 Å². The molecule has 0 saturated heterocycles. The topological polar surface area (TPSA) is 32.8 Å². The maximum absolute atomic E-state index is 14.0. The van der Waals surface area contributed by atoms with Crippen LogP contribution in [0.2, 0.25) is 0 Å². The van der Waals surface area contributed by atoms with Crippen LogP contribution in [0.25, 0.3) is 43.9 Å². The molecule has 0 saturated carbocycles. The summed E-state index contributed by atoms with van der Waals surface area (Å²) in [5, 5.41) is 3.62. The first-order valence-corrected chi connectivity index (χ1v) is 21.5. The van der Waals surface area contributed by atoms with Gasteiger partial charge in [-0.3, -0.25) is 0 Å². The van der Waals surface area contributed by atoms with Crippen LogP contribution in [0.4, 0.5) is 49.1 Å². The van der Waals surface area contributed by atoms with Gasteiger partial charge in [-0.15, -0.1) is 0 Å². The lowest BCUT2D eigenvalue weighted by Crippen LogP contribution is -2.35. The highest BCUT2D eigenvalue weighted by atomic mass is 19.4. The highest BCUT2D eigenvalue weighted by Crippen LogP contribution is 2.55. The second-order valence-electron chi connectivity index (χ2n) is 17.1. The van der Waals surface area contributed by atoms with Gasteiger partial charge in [0.05, 0.1) is 33.9 Å². The van der Waals surface area contributed by atoms with Crippen LogP contribution in [0.5, 0.6) is 0 Å². The van der Waals surface area contributed by atoms with E-state index in [1.807, 2.05) is 109 Å². The molecular formula is C56H36F6N2O2. The summed E-state index contributed by atoms with van der Waals surface area (Å²) in [6.45, 7) is 3.96. The van der Waals surface area contributed by atoms with Crippen molar-refractivity contribution in [3.63, 3.8) is 0 Å². The SMILES string of the molecule is Cc1cccc2c1oc1c(N(C3=CC=C4C=CC5=C(N(c6ccc(C(F)(F)F)cc6)c6cccc7c6oc6c(C)cccc67)C=CC6=CC=C3C4C65)c3ccc(C(F)(F)F)cc3)cccc12. The molecule has 12 rings (SSSR count). The molecular weight excluding hydrogens is 847 g/mol. The number of anilines is 4. The van der Waals surface area contributed by atoms with Crippen molar-refractivity contribution in [3.8, 4) is 0 Å². The lowest BCUT2D eigenvalue weighted by atomic mass is 9.63. The largest absolute Gasteiger partial charge is 0.454 e. The fourth-order valence-electron chi connectivity index (χ4n) is 10.3. The number of nitrogens with zero attached hydrogens (tertiary/aromatic N) is 2. The number of benzene rings is 6. The van der Waals surface area contributed by atoms with E-state index in [1.165, 1.54) is 24.3 Å². The first-order chi connectivity index (χ1) is 31.8. The molecule has 4 aliphatic rings. The van der Waals surface area contributed by atoms with Gasteiger partial charge < -0.3 is 18.6 Å². The lowest BCUT2D eigenvalue weighted by Gasteiger charge is -2.45. The predicted octanol–water partition coefficient (Wildman–Crippen LogP) is 16.4. The first-order valence-electron chi connectivity index (χ1n) is 21.5. The third-order valence-corrected chi connectivity index (χ3v) is 13.4. The van der Waals surface area contributed by atoms with Crippen LogP contribution >= 0.6 is 0 Å². The van der Waals surface area contributed by atoms with Gasteiger partial charge in [0.15, 0.2) is 11.2 Å². The molecule has 0 fully saturated rings. The number of furan rings is 2. The number of alkyl halides is 6. The van der Waals surface area contributed by atoms with E-state index in [0.717, 1.165) is 102 Å². The summed E-state index contributed by atoms with van der Waals surface area (Å²) in [5.74, 6) is -0.476. The molecule has 0 bridgehead atoms. The zero-order valence-electron chi connectivity index (χ0n) is 35.3. The molecule has 0 spiro atoms. The second-order valence-corrected chi connectivity index (χ2v) is 17.1. The van der Waals surface area contributed by atoms with Gasteiger partial charge in [-0.25, -0.2) is 0 Å². The van der Waals surface area contributed by atoms with E-state index in [2.05, 4.69) is 36.5 Å². The molecule has 0 aliphatic heterocycles. The first kappa shape index (κ1) is 39.8. The molecule has 66 heavy (non-hydrogen) atoms. The molecule has 6 aromatic carbocycles. The highest BCUT2D eigenvalue weighted by Gasteiger charge is 2.43. The maximum Gasteiger partial charge on any atom is 0.416 e. The fraction of sp³-hybridized carbons (Fsp3) is 0.107. The molecule has 324 valence electrons. The van der Waals surface area contributed by atoms with Gasteiger partial charge in [0.25, 0.3) is 0 Å². The minimum atomic E-state index is -4.53. The van der Waals surface area contributed by atoms with Crippen molar-refractivity contribution in [1.82, 2.24) is 0 Å². The van der Waals surface area contributed by atoms with Crippen LogP contribution in [-0.4, -0.2) is 0 Å². The van der Waals surface area contributed by atoms with Crippen LogP contribution in [0.15, 0.2) is 212 Å². The molecule has 2 unspecified atom stereocenters. The number of allylic oxidation sites excluding steroid dienone is 12. The molecule has 2 heterocycles. The third kappa shape index (κ3) is 6.07. The zero-order chi connectivity index (χ0) is 45.2. The Balaban J connectivity index is 1.04. The average Bonchev–Trinajstić information content (AvgIpc) is 3.90. The Morgan fingerprint density at radius 1 is 0.439 bits per heavy atom. The number of rotatable bonds is 6. The van der Waals surface area contributed by atoms with Crippen LogP contribution < -0.4 is 9.80 Å². The maximum atomic E-state index is 14.0. The average molecular weight is 883 g/mol. The van der Waals surface area contributed by atoms with Crippen LogP contribution in [0.1, 0.15) is 22.3 Å². The number of halogens is 6. The number of hydrogen-bond acceptors (Lipinski definition) is 4. The van der Waals surface area contributed by atoms with E-state index in [9.17, 15) is 26.3 Å². The Hall–Kier alpha value is -7.72. The quantitative estimate of drug-likeness (QED) is 0.156. The van der Waals surface area contributed by atoms with Gasteiger partial charge in [-0.05, 0) is 120 Å². The molecule has 4 aliphatic carbocycles. The van der Waals surface area contributed by atoms with Gasteiger partial charge in [0, 0.05) is 44.8 Å².